The van der Waals surface area contributed by atoms with Crippen molar-refractivity contribution in [2.75, 3.05) is 24.2 Å². The summed E-state index contributed by atoms with van der Waals surface area (Å²) in [7, 11) is 2.00. The highest BCUT2D eigenvalue weighted by molar-refractivity contribution is 6.06. The second-order valence-electron chi connectivity index (χ2n) is 8.21. The first-order valence-corrected chi connectivity index (χ1v) is 10.8. The Morgan fingerprint density at radius 2 is 1.70 bits per heavy atom. The van der Waals surface area contributed by atoms with Gasteiger partial charge < -0.3 is 20.3 Å². The van der Waals surface area contributed by atoms with Gasteiger partial charge in [-0.2, -0.15) is 0 Å². The zero-order valence-corrected chi connectivity index (χ0v) is 18.8. The molecule has 4 rings (SSSR count). The number of carbonyl (C=O) groups is 3. The van der Waals surface area contributed by atoms with Crippen molar-refractivity contribution in [2.45, 2.75) is 32.9 Å². The van der Waals surface area contributed by atoms with E-state index in [9.17, 15) is 14.4 Å². The molecule has 2 N–H and O–H groups in total. The van der Waals surface area contributed by atoms with Gasteiger partial charge in [0.2, 0.25) is 5.91 Å². The van der Waals surface area contributed by atoms with Crippen LogP contribution in [-0.2, 0) is 27.3 Å². The van der Waals surface area contributed by atoms with Gasteiger partial charge in [0.05, 0.1) is 11.1 Å². The smallest absolute Gasteiger partial charge is 0.339 e. The third-order valence-corrected chi connectivity index (χ3v) is 5.57. The second-order valence-corrected chi connectivity index (χ2v) is 8.21. The standard InChI is InChI=1S/C25H26N4O4/c1-15(24(31)27-18-10-8-17(9-11-18)26-16(2)30)33-25(32)23-19-6-4-5-7-21(19)28-22-12-13-29(3)14-20(22)23/h4-11,15H,12-14H2,1-3H3,(H,26,30)(H,27,31)/t15-/m0/s1. The van der Waals surface area contributed by atoms with Crippen LogP contribution in [0.1, 0.15) is 35.5 Å². The number of carbonyl (C=O) groups excluding carboxylic acids is 3. The van der Waals surface area contributed by atoms with Gasteiger partial charge in [0, 0.05) is 54.5 Å². The SMILES string of the molecule is CC(=O)Nc1ccc(NC(=O)[C@H](C)OC(=O)c2c3c(nc4ccccc24)CCN(C)C3)cc1. The number of hydrogen-bond acceptors (Lipinski definition) is 6. The topological polar surface area (TPSA) is 101 Å². The quantitative estimate of drug-likeness (QED) is 0.583. The number of benzene rings is 2. The van der Waals surface area contributed by atoms with Crippen molar-refractivity contribution in [2.24, 2.45) is 0 Å². The molecular formula is C25H26N4O4. The predicted octanol–water partition coefficient (Wildman–Crippen LogP) is 3.37. The maximum Gasteiger partial charge on any atom is 0.339 e. The van der Waals surface area contributed by atoms with Gasteiger partial charge >= 0.3 is 5.97 Å². The van der Waals surface area contributed by atoms with E-state index < -0.39 is 18.0 Å². The Labute approximate surface area is 191 Å². The number of nitrogens with one attached hydrogen (secondary N) is 2. The molecule has 1 aliphatic rings. The molecule has 2 amide bonds. The van der Waals surface area contributed by atoms with Crippen LogP contribution in [0.25, 0.3) is 10.9 Å². The summed E-state index contributed by atoms with van der Waals surface area (Å²) in [6.07, 6.45) is -0.252. The highest BCUT2D eigenvalue weighted by Gasteiger charge is 2.27. The minimum absolute atomic E-state index is 0.177. The first kappa shape index (κ1) is 22.4. The molecule has 0 saturated carbocycles. The first-order chi connectivity index (χ1) is 15.8. The van der Waals surface area contributed by atoms with E-state index in [4.69, 9.17) is 9.72 Å². The molecule has 0 bridgehead atoms. The summed E-state index contributed by atoms with van der Waals surface area (Å²) in [6, 6.07) is 14.2. The zero-order valence-electron chi connectivity index (χ0n) is 18.8. The normalized spacial score (nSPS) is 14.3. The minimum atomic E-state index is -1.00. The van der Waals surface area contributed by atoms with E-state index in [0.29, 0.717) is 23.5 Å². The summed E-state index contributed by atoms with van der Waals surface area (Å²) < 4.78 is 5.60. The molecule has 0 spiro atoms. The van der Waals surface area contributed by atoms with E-state index in [0.717, 1.165) is 35.1 Å². The fourth-order valence-electron chi connectivity index (χ4n) is 3.92. The summed E-state index contributed by atoms with van der Waals surface area (Å²) in [5.74, 6) is -1.16. The lowest BCUT2D eigenvalue weighted by atomic mass is 9.96. The van der Waals surface area contributed by atoms with Crippen LogP contribution in [-0.4, -0.2) is 47.4 Å². The van der Waals surface area contributed by atoms with E-state index in [-0.39, 0.29) is 5.91 Å². The monoisotopic (exact) mass is 446 g/mol. The van der Waals surface area contributed by atoms with Crippen molar-refractivity contribution in [3.8, 4) is 0 Å². The molecule has 0 fully saturated rings. The van der Waals surface area contributed by atoms with Gasteiger partial charge in [0.25, 0.3) is 5.91 Å². The number of ether oxygens (including phenoxy) is 1. The van der Waals surface area contributed by atoms with E-state index in [1.54, 1.807) is 31.2 Å². The van der Waals surface area contributed by atoms with Crippen molar-refractivity contribution in [1.29, 1.82) is 0 Å². The third kappa shape index (κ3) is 5.01. The van der Waals surface area contributed by atoms with Crippen LogP contribution in [0.3, 0.4) is 0 Å². The van der Waals surface area contributed by atoms with Crippen LogP contribution >= 0.6 is 0 Å². The minimum Gasteiger partial charge on any atom is -0.449 e. The van der Waals surface area contributed by atoms with Crippen molar-refractivity contribution >= 4 is 40.1 Å². The molecular weight excluding hydrogens is 420 g/mol. The van der Waals surface area contributed by atoms with Gasteiger partial charge in [0.1, 0.15) is 0 Å². The Balaban J connectivity index is 1.52. The first-order valence-electron chi connectivity index (χ1n) is 10.8. The fraction of sp³-hybridized carbons (Fsp3) is 0.280. The second kappa shape index (κ2) is 9.38. The Morgan fingerprint density at radius 3 is 2.39 bits per heavy atom. The van der Waals surface area contributed by atoms with Crippen LogP contribution in [0.4, 0.5) is 11.4 Å². The molecule has 2 aromatic carbocycles. The molecule has 0 saturated heterocycles. The summed E-state index contributed by atoms with van der Waals surface area (Å²) in [4.78, 5) is 44.0. The molecule has 33 heavy (non-hydrogen) atoms. The van der Waals surface area contributed by atoms with Gasteiger partial charge in [-0.3, -0.25) is 14.6 Å². The molecule has 0 aliphatic carbocycles. The number of rotatable bonds is 5. The number of pyridine rings is 1. The molecule has 8 nitrogen and oxygen atoms in total. The zero-order chi connectivity index (χ0) is 23.5. The van der Waals surface area contributed by atoms with Crippen molar-refractivity contribution < 1.29 is 19.1 Å². The average molecular weight is 447 g/mol. The van der Waals surface area contributed by atoms with Crippen LogP contribution in [0, 0.1) is 0 Å². The number of likely N-dealkylation sites (N-methyl/N-ethyl adjacent to an activating group) is 1. The molecule has 8 heteroatoms. The highest BCUT2D eigenvalue weighted by atomic mass is 16.5. The Kier molecular flexibility index (Phi) is 6.37. The van der Waals surface area contributed by atoms with Crippen LogP contribution in [0.15, 0.2) is 48.5 Å². The number of nitrogens with zero attached hydrogens (tertiary/aromatic N) is 2. The number of fused-ring (bicyclic) bond motifs is 2. The van der Waals surface area contributed by atoms with Crippen LogP contribution in [0.5, 0.6) is 0 Å². The number of esters is 1. The van der Waals surface area contributed by atoms with E-state index in [1.807, 2.05) is 31.3 Å². The summed E-state index contributed by atoms with van der Waals surface area (Å²) in [5, 5.41) is 6.12. The highest BCUT2D eigenvalue weighted by Crippen LogP contribution is 2.28. The van der Waals surface area contributed by atoms with Crippen molar-refractivity contribution in [1.82, 2.24) is 9.88 Å². The van der Waals surface area contributed by atoms with E-state index in [1.165, 1.54) is 6.92 Å². The summed E-state index contributed by atoms with van der Waals surface area (Å²) in [5.41, 5.74) is 4.12. The molecule has 1 aromatic heterocycles. The van der Waals surface area contributed by atoms with E-state index in [2.05, 4.69) is 15.5 Å². The molecule has 2 heterocycles. The lowest BCUT2D eigenvalue weighted by Crippen LogP contribution is -2.32. The molecule has 0 unspecified atom stereocenters. The van der Waals surface area contributed by atoms with Gasteiger partial charge in [-0.05, 0) is 44.3 Å². The number of hydrogen-bond donors (Lipinski definition) is 2. The van der Waals surface area contributed by atoms with Gasteiger partial charge in [-0.25, -0.2) is 4.79 Å². The number of para-hydroxylation sites is 1. The molecule has 1 aliphatic heterocycles. The predicted molar refractivity (Wildman–Crippen MR) is 126 cm³/mol. The molecule has 0 radical (unpaired) electrons. The molecule has 170 valence electrons. The maximum atomic E-state index is 13.3. The summed E-state index contributed by atoms with van der Waals surface area (Å²) >= 11 is 0. The Morgan fingerprint density at radius 1 is 1.03 bits per heavy atom. The Bertz CT molecular complexity index is 1220. The van der Waals surface area contributed by atoms with Gasteiger partial charge in [-0.15, -0.1) is 0 Å². The number of anilines is 2. The number of aromatic nitrogens is 1. The van der Waals surface area contributed by atoms with Crippen molar-refractivity contribution in [3.63, 3.8) is 0 Å². The van der Waals surface area contributed by atoms with Gasteiger partial charge in [-0.1, -0.05) is 18.2 Å². The average Bonchev–Trinajstić information content (AvgIpc) is 2.78. The lowest BCUT2D eigenvalue weighted by molar-refractivity contribution is -0.123. The van der Waals surface area contributed by atoms with Gasteiger partial charge in [0.15, 0.2) is 6.10 Å². The van der Waals surface area contributed by atoms with Crippen molar-refractivity contribution in [3.05, 3.63) is 65.4 Å². The van der Waals surface area contributed by atoms with E-state index >= 15 is 0 Å². The molecule has 1 atom stereocenters. The maximum absolute atomic E-state index is 13.3. The number of amides is 2. The Hall–Kier alpha value is -3.78. The summed E-state index contributed by atoms with van der Waals surface area (Å²) in [6.45, 7) is 4.43. The third-order valence-electron chi connectivity index (χ3n) is 5.57. The lowest BCUT2D eigenvalue weighted by Gasteiger charge is -2.27. The van der Waals surface area contributed by atoms with Crippen LogP contribution < -0.4 is 10.6 Å². The van der Waals surface area contributed by atoms with Crippen LogP contribution in [0.2, 0.25) is 0 Å². The largest absolute Gasteiger partial charge is 0.449 e. The molecule has 3 aromatic rings. The fourth-order valence-corrected chi connectivity index (χ4v) is 3.92.